The standard InChI is InChI=1S/C19H26ClN3O/c1-2-3-15-24-19(12-5-4-6-13-19)23-18(21)22-14-11-16-7-9-17(20)10-8-16/h4-10,12H,2-3,11,13-15H2,1H3,(H3,21,22,23). The minimum absolute atomic E-state index is 0.403. The van der Waals surface area contributed by atoms with Crippen LogP contribution in [-0.2, 0) is 11.2 Å². The number of hydrogen-bond donors (Lipinski definition) is 2. The predicted molar refractivity (Wildman–Crippen MR) is 101 cm³/mol. The number of benzene rings is 1. The minimum Gasteiger partial charge on any atom is -0.370 e. The van der Waals surface area contributed by atoms with Crippen molar-refractivity contribution in [1.29, 1.82) is 0 Å². The first-order chi connectivity index (χ1) is 11.6. The molecule has 0 aromatic heterocycles. The van der Waals surface area contributed by atoms with Gasteiger partial charge in [0.05, 0.1) is 0 Å². The van der Waals surface area contributed by atoms with Crippen LogP contribution in [0.4, 0.5) is 0 Å². The number of nitrogens with one attached hydrogen (secondary N) is 1. The largest absolute Gasteiger partial charge is 0.370 e. The monoisotopic (exact) mass is 347 g/mol. The molecule has 130 valence electrons. The Labute approximate surface area is 149 Å². The molecule has 1 aromatic rings. The highest BCUT2D eigenvalue weighted by molar-refractivity contribution is 6.30. The first-order valence-electron chi connectivity index (χ1n) is 8.44. The molecule has 0 saturated heterocycles. The predicted octanol–water partition coefficient (Wildman–Crippen LogP) is 3.82. The van der Waals surface area contributed by atoms with Crippen molar-refractivity contribution >= 4 is 17.6 Å². The normalized spacial score (nSPS) is 20.3. The molecule has 3 N–H and O–H groups in total. The van der Waals surface area contributed by atoms with Gasteiger partial charge in [-0.25, -0.2) is 0 Å². The second kappa shape index (κ2) is 9.50. The van der Waals surface area contributed by atoms with Gasteiger partial charge < -0.3 is 15.8 Å². The van der Waals surface area contributed by atoms with Gasteiger partial charge in [0.15, 0.2) is 11.7 Å². The van der Waals surface area contributed by atoms with Crippen molar-refractivity contribution in [1.82, 2.24) is 5.32 Å². The highest BCUT2D eigenvalue weighted by Gasteiger charge is 2.28. The average Bonchev–Trinajstić information content (AvgIpc) is 2.58. The first-order valence-corrected chi connectivity index (χ1v) is 8.82. The van der Waals surface area contributed by atoms with E-state index < -0.39 is 5.72 Å². The van der Waals surface area contributed by atoms with Gasteiger partial charge in [0.2, 0.25) is 0 Å². The van der Waals surface area contributed by atoms with E-state index in [1.54, 1.807) is 0 Å². The van der Waals surface area contributed by atoms with E-state index in [4.69, 9.17) is 22.1 Å². The molecular weight excluding hydrogens is 322 g/mol. The SMILES string of the molecule is CCCCOC1(NC(N)=NCCc2ccc(Cl)cc2)C=CC=CC1. The van der Waals surface area contributed by atoms with Gasteiger partial charge in [0.1, 0.15) is 0 Å². The molecule has 4 nitrogen and oxygen atoms in total. The molecule has 0 fully saturated rings. The van der Waals surface area contributed by atoms with E-state index >= 15 is 0 Å². The molecule has 1 unspecified atom stereocenters. The van der Waals surface area contributed by atoms with Crippen molar-refractivity contribution in [3.8, 4) is 0 Å². The third-order valence-electron chi connectivity index (χ3n) is 3.83. The molecule has 0 saturated carbocycles. The number of hydrogen-bond acceptors (Lipinski definition) is 2. The van der Waals surface area contributed by atoms with Crippen molar-refractivity contribution in [3.63, 3.8) is 0 Å². The highest BCUT2D eigenvalue weighted by Crippen LogP contribution is 2.20. The van der Waals surface area contributed by atoms with Crippen molar-refractivity contribution in [3.05, 3.63) is 59.2 Å². The lowest BCUT2D eigenvalue weighted by Crippen LogP contribution is -2.52. The number of nitrogens with two attached hydrogens (primary N) is 1. The first kappa shape index (κ1) is 18.6. The number of rotatable bonds is 8. The Hall–Kier alpha value is -1.78. The number of unbranched alkanes of at least 4 members (excludes halogenated alkanes) is 1. The van der Waals surface area contributed by atoms with Crippen molar-refractivity contribution < 1.29 is 4.74 Å². The lowest BCUT2D eigenvalue weighted by atomic mass is 10.0. The topological polar surface area (TPSA) is 59.6 Å². The molecule has 0 bridgehead atoms. The maximum atomic E-state index is 6.06. The van der Waals surface area contributed by atoms with Crippen LogP contribution >= 0.6 is 11.6 Å². The molecule has 0 radical (unpaired) electrons. The van der Waals surface area contributed by atoms with Crippen LogP contribution in [0.3, 0.4) is 0 Å². The van der Waals surface area contributed by atoms with Crippen molar-refractivity contribution in [2.24, 2.45) is 10.7 Å². The van der Waals surface area contributed by atoms with Gasteiger partial charge in [-0.2, -0.15) is 0 Å². The summed E-state index contributed by atoms with van der Waals surface area (Å²) < 4.78 is 6.03. The number of halogens is 1. The van der Waals surface area contributed by atoms with Crippen LogP contribution < -0.4 is 11.1 Å². The summed E-state index contributed by atoms with van der Waals surface area (Å²) in [4.78, 5) is 4.42. The van der Waals surface area contributed by atoms with Crippen molar-refractivity contribution in [2.75, 3.05) is 13.2 Å². The Balaban J connectivity index is 1.89. The zero-order chi connectivity index (χ0) is 17.3. The van der Waals surface area contributed by atoms with E-state index in [0.29, 0.717) is 19.1 Å². The summed E-state index contributed by atoms with van der Waals surface area (Å²) >= 11 is 5.89. The highest BCUT2D eigenvalue weighted by atomic mass is 35.5. The molecular formula is C19H26ClN3O. The number of allylic oxidation sites excluding steroid dienone is 2. The van der Waals surface area contributed by atoms with Gasteiger partial charge in [-0.1, -0.05) is 55.3 Å². The van der Waals surface area contributed by atoms with Crippen molar-refractivity contribution in [2.45, 2.75) is 38.3 Å². The van der Waals surface area contributed by atoms with E-state index in [9.17, 15) is 0 Å². The Bertz CT molecular complexity index is 595. The Morgan fingerprint density at radius 2 is 2.12 bits per heavy atom. The lowest BCUT2D eigenvalue weighted by Gasteiger charge is -2.33. The van der Waals surface area contributed by atoms with E-state index in [1.807, 2.05) is 42.5 Å². The summed E-state index contributed by atoms with van der Waals surface area (Å²) in [6.45, 7) is 3.46. The molecule has 2 rings (SSSR count). The van der Waals surface area contributed by atoms with Gasteiger partial charge >= 0.3 is 0 Å². The smallest absolute Gasteiger partial charge is 0.191 e. The quantitative estimate of drug-likeness (QED) is 0.325. The van der Waals surface area contributed by atoms with Gasteiger partial charge in [-0.05, 0) is 36.6 Å². The molecule has 0 aliphatic heterocycles. The minimum atomic E-state index is -0.586. The second-order valence-electron chi connectivity index (χ2n) is 5.85. The fourth-order valence-electron chi connectivity index (χ4n) is 2.45. The summed E-state index contributed by atoms with van der Waals surface area (Å²) in [7, 11) is 0. The van der Waals surface area contributed by atoms with E-state index in [2.05, 4.69) is 23.3 Å². The van der Waals surface area contributed by atoms with Gasteiger partial charge in [-0.3, -0.25) is 4.99 Å². The molecule has 1 aromatic carbocycles. The van der Waals surface area contributed by atoms with Crippen LogP contribution in [0.1, 0.15) is 31.7 Å². The number of nitrogens with zero attached hydrogens (tertiary/aromatic N) is 1. The third kappa shape index (κ3) is 6.02. The molecule has 1 aliphatic rings. The van der Waals surface area contributed by atoms with E-state index in [1.165, 1.54) is 5.56 Å². The zero-order valence-electron chi connectivity index (χ0n) is 14.2. The Morgan fingerprint density at radius 1 is 1.33 bits per heavy atom. The van der Waals surface area contributed by atoms with Crippen LogP contribution in [0.2, 0.25) is 5.02 Å². The van der Waals surface area contributed by atoms with Crippen LogP contribution in [0.15, 0.2) is 53.6 Å². The lowest BCUT2D eigenvalue weighted by molar-refractivity contribution is -0.0200. The maximum absolute atomic E-state index is 6.06. The maximum Gasteiger partial charge on any atom is 0.191 e. The summed E-state index contributed by atoms with van der Waals surface area (Å²) in [6, 6.07) is 7.78. The van der Waals surface area contributed by atoms with E-state index in [-0.39, 0.29) is 0 Å². The van der Waals surface area contributed by atoms with Crippen LogP contribution in [-0.4, -0.2) is 24.8 Å². The molecule has 1 aliphatic carbocycles. The summed E-state index contributed by atoms with van der Waals surface area (Å²) in [5, 5.41) is 3.98. The van der Waals surface area contributed by atoms with Crippen LogP contribution in [0.25, 0.3) is 0 Å². The summed E-state index contributed by atoms with van der Waals surface area (Å²) in [6.07, 6.45) is 11.7. The molecule has 24 heavy (non-hydrogen) atoms. The fourth-order valence-corrected chi connectivity index (χ4v) is 2.57. The Morgan fingerprint density at radius 3 is 2.79 bits per heavy atom. The van der Waals surface area contributed by atoms with Crippen LogP contribution in [0, 0.1) is 0 Å². The molecule has 0 heterocycles. The number of guanidine groups is 1. The molecule has 1 atom stereocenters. The van der Waals surface area contributed by atoms with E-state index in [0.717, 1.165) is 30.7 Å². The van der Waals surface area contributed by atoms with Crippen LogP contribution in [0.5, 0.6) is 0 Å². The number of aliphatic imine (C=N–C) groups is 1. The fraction of sp³-hybridized carbons (Fsp3) is 0.421. The summed E-state index contributed by atoms with van der Waals surface area (Å²) in [5.74, 6) is 0.403. The Kier molecular flexibility index (Phi) is 7.35. The molecule has 0 amide bonds. The molecule has 0 spiro atoms. The zero-order valence-corrected chi connectivity index (χ0v) is 14.9. The summed E-state index contributed by atoms with van der Waals surface area (Å²) in [5.41, 5.74) is 6.66. The third-order valence-corrected chi connectivity index (χ3v) is 4.08. The second-order valence-corrected chi connectivity index (χ2v) is 6.29. The number of ether oxygens (including phenoxy) is 1. The average molecular weight is 348 g/mol. The van der Waals surface area contributed by atoms with Gasteiger partial charge in [0, 0.05) is 24.6 Å². The molecule has 5 heteroatoms. The van der Waals surface area contributed by atoms with Gasteiger partial charge in [0.25, 0.3) is 0 Å². The van der Waals surface area contributed by atoms with Gasteiger partial charge in [-0.15, -0.1) is 0 Å².